The Hall–Kier alpha value is -3.36. The zero-order valence-electron chi connectivity index (χ0n) is 17.0. The zero-order valence-corrected chi connectivity index (χ0v) is 17.0. The molecule has 0 spiro atoms. The van der Waals surface area contributed by atoms with Crippen molar-refractivity contribution in [3.05, 3.63) is 59.7 Å². The van der Waals surface area contributed by atoms with Crippen molar-refractivity contribution >= 4 is 23.6 Å². The Morgan fingerprint density at radius 1 is 1.03 bits per heavy atom. The van der Waals surface area contributed by atoms with Gasteiger partial charge in [0.15, 0.2) is 11.5 Å². The van der Waals surface area contributed by atoms with E-state index in [0.717, 1.165) is 5.56 Å². The third kappa shape index (κ3) is 6.91. The molecule has 0 heterocycles. The first kappa shape index (κ1) is 22.9. The van der Waals surface area contributed by atoms with Gasteiger partial charge in [0.2, 0.25) is 5.91 Å². The van der Waals surface area contributed by atoms with Gasteiger partial charge >= 0.3 is 0 Å². The largest absolute Gasteiger partial charge is 0.493 e. The van der Waals surface area contributed by atoms with E-state index in [-0.39, 0.29) is 31.6 Å². The van der Waals surface area contributed by atoms with Gasteiger partial charge in [-0.25, -0.2) is 0 Å². The van der Waals surface area contributed by atoms with Crippen molar-refractivity contribution in [3.8, 4) is 11.5 Å². The number of amides is 2. The third-order valence-corrected chi connectivity index (χ3v) is 4.03. The highest BCUT2D eigenvalue weighted by Gasteiger charge is 2.12. The van der Waals surface area contributed by atoms with Crippen LogP contribution in [0, 0.1) is 0 Å². The van der Waals surface area contributed by atoms with Crippen LogP contribution in [0.5, 0.6) is 11.5 Å². The number of aliphatic hydroxyl groups is 1. The van der Waals surface area contributed by atoms with E-state index >= 15 is 0 Å². The van der Waals surface area contributed by atoms with Gasteiger partial charge in [0.1, 0.15) is 0 Å². The van der Waals surface area contributed by atoms with Crippen LogP contribution in [0.1, 0.15) is 15.9 Å². The van der Waals surface area contributed by atoms with Crippen LogP contribution in [0.15, 0.2) is 48.5 Å². The topological polar surface area (TPSA) is 106 Å². The Kier molecular flexibility index (Phi) is 9.36. The fourth-order valence-corrected chi connectivity index (χ4v) is 2.59. The van der Waals surface area contributed by atoms with Crippen molar-refractivity contribution in [1.29, 1.82) is 0 Å². The number of hydrogen-bond donors (Lipinski definition) is 3. The van der Waals surface area contributed by atoms with Crippen LogP contribution < -0.4 is 20.1 Å². The molecule has 2 amide bonds. The summed E-state index contributed by atoms with van der Waals surface area (Å²) in [6.07, 6.45) is 3.01. The molecule has 0 aliphatic carbocycles. The van der Waals surface area contributed by atoms with Crippen molar-refractivity contribution in [2.24, 2.45) is 0 Å². The van der Waals surface area contributed by atoms with Gasteiger partial charge in [0.25, 0.3) is 5.91 Å². The van der Waals surface area contributed by atoms with Gasteiger partial charge in [0, 0.05) is 12.6 Å². The fraction of sp³-hybridized carbons (Fsp3) is 0.273. The molecule has 0 aliphatic heterocycles. The van der Waals surface area contributed by atoms with Crippen molar-refractivity contribution < 1.29 is 28.9 Å². The van der Waals surface area contributed by atoms with Crippen LogP contribution in [-0.2, 0) is 9.53 Å². The van der Waals surface area contributed by atoms with Crippen molar-refractivity contribution in [1.82, 2.24) is 5.32 Å². The van der Waals surface area contributed by atoms with Crippen LogP contribution in [-0.4, -0.2) is 57.5 Å². The molecule has 0 radical (unpaired) electrons. The van der Waals surface area contributed by atoms with Gasteiger partial charge in [0.05, 0.1) is 45.3 Å². The highest BCUT2D eigenvalue weighted by molar-refractivity contribution is 6.07. The maximum Gasteiger partial charge on any atom is 0.253 e. The number of rotatable bonds is 11. The summed E-state index contributed by atoms with van der Waals surface area (Å²) in [6, 6.07) is 12.0. The van der Waals surface area contributed by atoms with Crippen LogP contribution in [0.3, 0.4) is 0 Å². The Morgan fingerprint density at radius 2 is 1.80 bits per heavy atom. The monoisotopic (exact) mass is 414 g/mol. The summed E-state index contributed by atoms with van der Waals surface area (Å²) in [5.74, 6) is 0.449. The summed E-state index contributed by atoms with van der Waals surface area (Å²) in [7, 11) is 3.09. The summed E-state index contributed by atoms with van der Waals surface area (Å²) < 4.78 is 15.6. The molecule has 2 aromatic carbocycles. The summed E-state index contributed by atoms with van der Waals surface area (Å²) >= 11 is 0. The molecule has 30 heavy (non-hydrogen) atoms. The van der Waals surface area contributed by atoms with Crippen molar-refractivity contribution in [3.63, 3.8) is 0 Å². The van der Waals surface area contributed by atoms with Crippen molar-refractivity contribution in [2.75, 3.05) is 45.9 Å². The number of nitrogens with one attached hydrogen (secondary N) is 2. The minimum absolute atomic E-state index is 0.0698. The molecule has 0 unspecified atom stereocenters. The number of carbonyl (C=O) groups excluding carboxylic acids is 2. The number of ether oxygens (including phenoxy) is 3. The number of hydrogen-bond acceptors (Lipinski definition) is 6. The number of carbonyl (C=O) groups is 2. The molecule has 0 saturated carbocycles. The average molecular weight is 414 g/mol. The predicted molar refractivity (Wildman–Crippen MR) is 114 cm³/mol. The molecule has 2 aromatic rings. The van der Waals surface area contributed by atoms with Gasteiger partial charge in [-0.15, -0.1) is 0 Å². The summed E-state index contributed by atoms with van der Waals surface area (Å²) in [5, 5.41) is 14.1. The second kappa shape index (κ2) is 12.3. The van der Waals surface area contributed by atoms with E-state index in [1.54, 1.807) is 62.8 Å². The lowest BCUT2D eigenvalue weighted by Crippen LogP contribution is -2.28. The first-order chi connectivity index (χ1) is 14.6. The molecule has 160 valence electrons. The van der Waals surface area contributed by atoms with Crippen molar-refractivity contribution in [2.45, 2.75) is 0 Å². The van der Waals surface area contributed by atoms with Gasteiger partial charge in [-0.1, -0.05) is 18.2 Å². The summed E-state index contributed by atoms with van der Waals surface area (Å²) in [4.78, 5) is 24.7. The molecule has 0 bridgehead atoms. The Bertz CT molecular complexity index is 882. The Morgan fingerprint density at radius 3 is 2.53 bits per heavy atom. The minimum Gasteiger partial charge on any atom is -0.493 e. The molecular formula is C22H26N2O6. The fourth-order valence-electron chi connectivity index (χ4n) is 2.59. The van der Waals surface area contributed by atoms with Gasteiger partial charge in [-0.2, -0.15) is 0 Å². The average Bonchev–Trinajstić information content (AvgIpc) is 2.77. The van der Waals surface area contributed by atoms with E-state index < -0.39 is 0 Å². The van der Waals surface area contributed by atoms with Crippen LogP contribution in [0.25, 0.3) is 6.08 Å². The summed E-state index contributed by atoms with van der Waals surface area (Å²) in [6.45, 7) is 0.726. The Balaban J connectivity index is 2.00. The number of aliphatic hydroxyl groups excluding tert-OH is 1. The maximum absolute atomic E-state index is 12.4. The normalized spacial score (nSPS) is 10.6. The molecule has 8 heteroatoms. The molecule has 0 aromatic heterocycles. The molecule has 3 N–H and O–H groups in total. The van der Waals surface area contributed by atoms with E-state index in [0.29, 0.717) is 29.3 Å². The first-order valence-electron chi connectivity index (χ1n) is 9.36. The first-order valence-corrected chi connectivity index (χ1v) is 9.36. The summed E-state index contributed by atoms with van der Waals surface area (Å²) in [5.41, 5.74) is 1.50. The lowest BCUT2D eigenvalue weighted by molar-refractivity contribution is -0.111. The van der Waals surface area contributed by atoms with E-state index in [1.165, 1.54) is 6.08 Å². The van der Waals surface area contributed by atoms with Crippen LogP contribution in [0.4, 0.5) is 5.69 Å². The van der Waals surface area contributed by atoms with Gasteiger partial charge in [-0.3, -0.25) is 9.59 Å². The Labute approximate surface area is 175 Å². The lowest BCUT2D eigenvalue weighted by atomic mass is 10.1. The number of anilines is 1. The SMILES string of the molecule is COc1ccc(/C=C/C(=O)Nc2ccccc2C(=O)NCCOCCO)cc1OC. The molecule has 0 saturated heterocycles. The van der Waals surface area contributed by atoms with Crippen LogP contribution >= 0.6 is 0 Å². The number of benzene rings is 2. The predicted octanol–water partition coefficient (Wildman–Crippen LogP) is 2.09. The molecule has 8 nitrogen and oxygen atoms in total. The van der Waals surface area contributed by atoms with E-state index in [2.05, 4.69) is 10.6 Å². The molecular weight excluding hydrogens is 388 g/mol. The second-order valence-corrected chi connectivity index (χ2v) is 6.07. The quantitative estimate of drug-likeness (QED) is 0.384. The highest BCUT2D eigenvalue weighted by Crippen LogP contribution is 2.28. The third-order valence-electron chi connectivity index (χ3n) is 4.03. The second-order valence-electron chi connectivity index (χ2n) is 6.07. The molecule has 0 atom stereocenters. The number of para-hydroxylation sites is 1. The standard InChI is InChI=1S/C22H26N2O6/c1-28-19-9-7-16(15-20(19)29-2)8-10-21(26)24-18-6-4-3-5-17(18)22(27)23-11-13-30-14-12-25/h3-10,15,25H,11-14H2,1-2H3,(H,23,27)(H,24,26)/b10-8+. The molecule has 0 aliphatic rings. The zero-order chi connectivity index (χ0) is 21.8. The van der Waals surface area contributed by atoms with E-state index in [9.17, 15) is 9.59 Å². The molecule has 2 rings (SSSR count). The number of methoxy groups -OCH3 is 2. The molecule has 0 fully saturated rings. The highest BCUT2D eigenvalue weighted by atomic mass is 16.5. The van der Waals surface area contributed by atoms with Crippen LogP contribution in [0.2, 0.25) is 0 Å². The minimum atomic E-state index is -0.378. The van der Waals surface area contributed by atoms with E-state index in [4.69, 9.17) is 19.3 Å². The van der Waals surface area contributed by atoms with E-state index in [1.807, 2.05) is 0 Å². The van der Waals surface area contributed by atoms with Gasteiger partial charge < -0.3 is 30.0 Å². The smallest absolute Gasteiger partial charge is 0.253 e. The maximum atomic E-state index is 12.4. The van der Waals surface area contributed by atoms with Gasteiger partial charge in [-0.05, 0) is 35.9 Å². The lowest BCUT2D eigenvalue weighted by Gasteiger charge is -2.11.